The molecule has 0 aliphatic carbocycles. The fourth-order valence-electron chi connectivity index (χ4n) is 0.891. The van der Waals surface area contributed by atoms with E-state index in [0.717, 1.165) is 9.77 Å². The Bertz CT molecular complexity index is 469. The van der Waals surface area contributed by atoms with Gasteiger partial charge in [-0.05, 0) is 22.6 Å². The molecule has 0 atom stereocenters. The zero-order valence-electron chi connectivity index (χ0n) is 6.85. The lowest BCUT2D eigenvalue weighted by atomic mass is 10.6. The van der Waals surface area contributed by atoms with Crippen LogP contribution in [0.5, 0.6) is 0 Å². The molecule has 14 heavy (non-hydrogen) atoms. The highest BCUT2D eigenvalue weighted by atomic mass is 127. The largest absolute Gasteiger partial charge is 0.381 e. The summed E-state index contributed by atoms with van der Waals surface area (Å²) < 4.78 is 15.1. The third kappa shape index (κ3) is 1.67. The van der Waals surface area contributed by atoms with Crippen LogP contribution in [-0.4, -0.2) is 19.7 Å². The number of nitrogen functional groups attached to an aromatic ring is 1. The zero-order valence-corrected chi connectivity index (χ0v) is 9.01. The van der Waals surface area contributed by atoms with E-state index < -0.39 is 5.82 Å². The van der Waals surface area contributed by atoms with E-state index >= 15 is 0 Å². The number of hydrogen-bond donors (Lipinski definition) is 1. The average Bonchev–Trinajstić information content (AvgIpc) is 2.57. The second-order valence-corrected chi connectivity index (χ2v) is 3.75. The monoisotopic (exact) mass is 305 g/mol. The molecule has 2 heterocycles. The van der Waals surface area contributed by atoms with Crippen molar-refractivity contribution in [2.24, 2.45) is 0 Å². The van der Waals surface area contributed by atoms with Crippen LogP contribution in [0.4, 0.5) is 10.2 Å². The van der Waals surface area contributed by atoms with Crippen molar-refractivity contribution in [3.8, 4) is 5.95 Å². The van der Waals surface area contributed by atoms with E-state index in [1.807, 2.05) is 0 Å². The topological polar surface area (TPSA) is 69.6 Å². The minimum atomic E-state index is -0.629. The Labute approximate surface area is 92.3 Å². The summed E-state index contributed by atoms with van der Waals surface area (Å²) in [5, 5.41) is 3.96. The maximum absolute atomic E-state index is 12.7. The Balaban J connectivity index is 2.47. The van der Waals surface area contributed by atoms with E-state index in [2.05, 4.69) is 37.7 Å². The van der Waals surface area contributed by atoms with E-state index in [4.69, 9.17) is 5.73 Å². The molecule has 2 aromatic heterocycles. The number of halogens is 2. The van der Waals surface area contributed by atoms with Gasteiger partial charge in [0.15, 0.2) is 11.6 Å². The van der Waals surface area contributed by atoms with Gasteiger partial charge in [0, 0.05) is 6.20 Å². The van der Waals surface area contributed by atoms with Crippen LogP contribution in [0.25, 0.3) is 5.95 Å². The minimum Gasteiger partial charge on any atom is -0.381 e. The van der Waals surface area contributed by atoms with Crippen molar-refractivity contribution in [3.05, 3.63) is 28.0 Å². The highest BCUT2D eigenvalue weighted by Crippen LogP contribution is 2.09. The summed E-state index contributed by atoms with van der Waals surface area (Å²) in [6.07, 6.45) is 4.38. The molecule has 5 nitrogen and oxygen atoms in total. The summed E-state index contributed by atoms with van der Waals surface area (Å²) in [4.78, 5) is 7.50. The third-order valence-corrected chi connectivity index (χ3v) is 2.07. The molecule has 0 aromatic carbocycles. The predicted octanol–water partition coefficient (Wildman–Crippen LogP) is 0.988. The van der Waals surface area contributed by atoms with Crippen molar-refractivity contribution >= 4 is 28.4 Å². The van der Waals surface area contributed by atoms with Crippen LogP contribution in [0.15, 0.2) is 18.6 Å². The van der Waals surface area contributed by atoms with E-state index in [-0.39, 0.29) is 11.8 Å². The van der Waals surface area contributed by atoms with Crippen LogP contribution in [0.1, 0.15) is 0 Å². The Hall–Kier alpha value is -1.25. The lowest BCUT2D eigenvalue weighted by molar-refractivity contribution is 0.615. The summed E-state index contributed by atoms with van der Waals surface area (Å²) >= 11 is 2.10. The quantitative estimate of drug-likeness (QED) is 0.798. The summed E-state index contributed by atoms with van der Waals surface area (Å²) in [7, 11) is 0. The Kier molecular flexibility index (Phi) is 2.32. The van der Waals surface area contributed by atoms with Crippen LogP contribution in [0, 0.1) is 9.39 Å². The third-order valence-electron chi connectivity index (χ3n) is 1.51. The number of nitrogens with zero attached hydrogens (tertiary/aromatic N) is 4. The van der Waals surface area contributed by atoms with Crippen LogP contribution in [-0.2, 0) is 0 Å². The number of anilines is 1. The van der Waals surface area contributed by atoms with Crippen LogP contribution >= 0.6 is 22.6 Å². The van der Waals surface area contributed by atoms with Crippen LogP contribution in [0.3, 0.4) is 0 Å². The van der Waals surface area contributed by atoms with Gasteiger partial charge in [-0.3, -0.25) is 0 Å². The second-order valence-electron chi connectivity index (χ2n) is 2.51. The molecule has 2 aromatic rings. The average molecular weight is 305 g/mol. The minimum absolute atomic E-state index is 0.180. The zero-order chi connectivity index (χ0) is 10.1. The highest BCUT2D eigenvalue weighted by Gasteiger charge is 2.05. The van der Waals surface area contributed by atoms with Gasteiger partial charge in [-0.2, -0.15) is 10.1 Å². The molecule has 0 spiro atoms. The first kappa shape index (κ1) is 9.31. The smallest absolute Gasteiger partial charge is 0.252 e. The van der Waals surface area contributed by atoms with E-state index in [0.29, 0.717) is 0 Å². The molecule has 7 heteroatoms. The maximum Gasteiger partial charge on any atom is 0.252 e. The van der Waals surface area contributed by atoms with E-state index in [9.17, 15) is 4.39 Å². The number of nitrogens with two attached hydrogens (primary N) is 1. The molecule has 0 bridgehead atoms. The molecule has 72 valence electrons. The van der Waals surface area contributed by atoms with Gasteiger partial charge in [0.25, 0.3) is 5.95 Å². The molecule has 2 N–H and O–H groups in total. The fourth-order valence-corrected chi connectivity index (χ4v) is 1.28. The van der Waals surface area contributed by atoms with Crippen molar-refractivity contribution in [2.45, 2.75) is 0 Å². The SMILES string of the molecule is Nc1nc(-n2cc(I)cn2)ncc1F. The van der Waals surface area contributed by atoms with Gasteiger partial charge in [0.2, 0.25) is 0 Å². The van der Waals surface area contributed by atoms with Crippen molar-refractivity contribution in [1.29, 1.82) is 0 Å². The second kappa shape index (κ2) is 3.48. The first-order valence-corrected chi connectivity index (χ1v) is 4.73. The summed E-state index contributed by atoms with van der Waals surface area (Å²) in [5.41, 5.74) is 5.30. The molecule has 0 saturated heterocycles. The van der Waals surface area contributed by atoms with Crippen molar-refractivity contribution in [2.75, 3.05) is 5.73 Å². The van der Waals surface area contributed by atoms with Gasteiger partial charge in [-0.25, -0.2) is 14.1 Å². The van der Waals surface area contributed by atoms with Crippen molar-refractivity contribution < 1.29 is 4.39 Å². The van der Waals surface area contributed by atoms with Crippen LogP contribution in [0.2, 0.25) is 0 Å². The first-order chi connectivity index (χ1) is 6.66. The highest BCUT2D eigenvalue weighted by molar-refractivity contribution is 14.1. The Morgan fingerprint density at radius 3 is 2.79 bits per heavy atom. The molecule has 2 rings (SSSR count). The molecule has 0 aliphatic heterocycles. The molecule has 0 radical (unpaired) electrons. The van der Waals surface area contributed by atoms with Crippen LogP contribution < -0.4 is 5.73 Å². The lowest BCUT2D eigenvalue weighted by Gasteiger charge is -1.99. The van der Waals surface area contributed by atoms with E-state index in [1.165, 1.54) is 4.68 Å². The Morgan fingerprint density at radius 1 is 1.43 bits per heavy atom. The van der Waals surface area contributed by atoms with Crippen molar-refractivity contribution in [1.82, 2.24) is 19.7 Å². The lowest BCUT2D eigenvalue weighted by Crippen LogP contribution is -2.05. The standard InChI is InChI=1S/C7H5FIN5/c8-5-2-11-7(13-6(5)10)14-3-4(9)1-12-14/h1-3H,(H2,10,11,13). The maximum atomic E-state index is 12.7. The van der Waals surface area contributed by atoms with Gasteiger partial charge >= 0.3 is 0 Å². The molecule has 0 unspecified atom stereocenters. The molecule has 0 fully saturated rings. The molecular weight excluding hydrogens is 300 g/mol. The number of hydrogen-bond acceptors (Lipinski definition) is 4. The van der Waals surface area contributed by atoms with Gasteiger partial charge in [-0.1, -0.05) is 0 Å². The van der Waals surface area contributed by atoms with E-state index in [1.54, 1.807) is 12.4 Å². The number of rotatable bonds is 1. The summed E-state index contributed by atoms with van der Waals surface area (Å²) in [6.45, 7) is 0. The van der Waals surface area contributed by atoms with Gasteiger partial charge in [0.1, 0.15) is 0 Å². The van der Waals surface area contributed by atoms with Gasteiger partial charge < -0.3 is 5.73 Å². The normalized spacial score (nSPS) is 10.4. The molecule has 0 aliphatic rings. The van der Waals surface area contributed by atoms with Gasteiger partial charge in [-0.15, -0.1) is 0 Å². The van der Waals surface area contributed by atoms with Crippen molar-refractivity contribution in [3.63, 3.8) is 0 Å². The molecule has 0 amide bonds. The Morgan fingerprint density at radius 2 is 2.21 bits per heavy atom. The molecule has 0 saturated carbocycles. The summed E-state index contributed by atoms with van der Waals surface area (Å²) in [6, 6.07) is 0. The predicted molar refractivity (Wildman–Crippen MR) is 56.2 cm³/mol. The van der Waals surface area contributed by atoms with Gasteiger partial charge in [0.05, 0.1) is 16.0 Å². The number of aromatic nitrogens is 4. The first-order valence-electron chi connectivity index (χ1n) is 3.65. The fraction of sp³-hybridized carbons (Fsp3) is 0. The molecular formula is C7H5FIN5. The summed E-state index contributed by atoms with van der Waals surface area (Å²) in [5.74, 6) is -0.553.